The van der Waals surface area contributed by atoms with Crippen molar-refractivity contribution < 1.29 is 14.9 Å². The molecule has 9 nitrogen and oxygen atoms in total. The van der Waals surface area contributed by atoms with Crippen molar-refractivity contribution in [3.8, 4) is 5.75 Å². The molecule has 124 valence electrons. The predicted octanol–water partition coefficient (Wildman–Crippen LogP) is 0.432. The van der Waals surface area contributed by atoms with Gasteiger partial charge in [-0.3, -0.25) is 0 Å². The van der Waals surface area contributed by atoms with Gasteiger partial charge in [-0.25, -0.2) is 0 Å². The highest BCUT2D eigenvalue weighted by atomic mass is 16.5. The first-order valence-corrected chi connectivity index (χ1v) is 7.11. The summed E-state index contributed by atoms with van der Waals surface area (Å²) in [7, 11) is 1.59. The van der Waals surface area contributed by atoms with Gasteiger partial charge in [-0.1, -0.05) is 6.07 Å². The van der Waals surface area contributed by atoms with Gasteiger partial charge in [0.05, 0.1) is 20.3 Å². The van der Waals surface area contributed by atoms with Crippen molar-refractivity contribution in [2.24, 2.45) is 0 Å². The zero-order valence-electron chi connectivity index (χ0n) is 12.8. The number of anilines is 4. The first-order valence-electron chi connectivity index (χ1n) is 7.11. The minimum atomic E-state index is -0.0380. The molecule has 0 atom stereocenters. The number of nitrogens with zero attached hydrogens (tertiary/aromatic N) is 3. The van der Waals surface area contributed by atoms with Crippen molar-refractivity contribution in [3.63, 3.8) is 0 Å². The normalized spacial score (nSPS) is 10.2. The molecule has 0 spiro atoms. The first kappa shape index (κ1) is 16.7. The zero-order chi connectivity index (χ0) is 16.5. The van der Waals surface area contributed by atoms with E-state index >= 15 is 0 Å². The molecule has 0 radical (unpaired) electrons. The molecular weight excluding hydrogens is 300 g/mol. The van der Waals surface area contributed by atoms with Crippen molar-refractivity contribution in [1.82, 2.24) is 15.0 Å². The van der Waals surface area contributed by atoms with Crippen LogP contribution in [0.4, 0.5) is 23.5 Å². The Morgan fingerprint density at radius 2 is 1.57 bits per heavy atom. The molecule has 23 heavy (non-hydrogen) atoms. The van der Waals surface area contributed by atoms with E-state index < -0.39 is 0 Å². The molecule has 2 rings (SSSR count). The highest BCUT2D eigenvalue weighted by Gasteiger charge is 2.07. The summed E-state index contributed by atoms with van der Waals surface area (Å²) >= 11 is 0. The van der Waals surface area contributed by atoms with E-state index in [0.29, 0.717) is 36.7 Å². The lowest BCUT2D eigenvalue weighted by atomic mass is 10.3. The summed E-state index contributed by atoms with van der Waals surface area (Å²) in [5, 5.41) is 26.6. The van der Waals surface area contributed by atoms with E-state index in [0.717, 1.165) is 5.69 Å². The Morgan fingerprint density at radius 3 is 2.13 bits per heavy atom. The summed E-state index contributed by atoms with van der Waals surface area (Å²) in [6.07, 6.45) is 0. The van der Waals surface area contributed by atoms with Crippen molar-refractivity contribution in [2.75, 3.05) is 49.4 Å². The Kier molecular flexibility index (Phi) is 6.33. The van der Waals surface area contributed by atoms with Gasteiger partial charge in [-0.15, -0.1) is 0 Å². The molecule has 9 heteroatoms. The fourth-order valence-electron chi connectivity index (χ4n) is 1.76. The van der Waals surface area contributed by atoms with E-state index in [1.165, 1.54) is 0 Å². The van der Waals surface area contributed by atoms with Crippen LogP contribution in [-0.2, 0) is 0 Å². The predicted molar refractivity (Wildman–Crippen MR) is 87.3 cm³/mol. The molecule has 1 heterocycles. The van der Waals surface area contributed by atoms with E-state index in [1.807, 2.05) is 24.3 Å². The Hall–Kier alpha value is -2.65. The molecule has 1 aromatic carbocycles. The minimum absolute atomic E-state index is 0.0380. The third kappa shape index (κ3) is 5.24. The van der Waals surface area contributed by atoms with Crippen LogP contribution in [0.5, 0.6) is 5.75 Å². The number of ether oxygens (including phenoxy) is 1. The van der Waals surface area contributed by atoms with Crippen LogP contribution in [0.25, 0.3) is 0 Å². The fraction of sp³-hybridized carbons (Fsp3) is 0.357. The Bertz CT molecular complexity index is 599. The fourth-order valence-corrected chi connectivity index (χ4v) is 1.76. The third-order valence-corrected chi connectivity index (χ3v) is 2.75. The monoisotopic (exact) mass is 320 g/mol. The second kappa shape index (κ2) is 8.71. The van der Waals surface area contributed by atoms with E-state index in [4.69, 9.17) is 14.9 Å². The lowest BCUT2D eigenvalue weighted by Crippen LogP contribution is -2.14. The van der Waals surface area contributed by atoms with E-state index in [-0.39, 0.29) is 13.2 Å². The summed E-state index contributed by atoms with van der Waals surface area (Å²) < 4.78 is 5.17. The Balaban J connectivity index is 2.20. The molecule has 0 amide bonds. The summed E-state index contributed by atoms with van der Waals surface area (Å²) in [6, 6.07) is 7.35. The zero-order valence-corrected chi connectivity index (χ0v) is 12.8. The number of hydrogen-bond acceptors (Lipinski definition) is 9. The maximum absolute atomic E-state index is 8.89. The summed E-state index contributed by atoms with van der Waals surface area (Å²) in [4.78, 5) is 12.6. The maximum Gasteiger partial charge on any atom is 0.233 e. The van der Waals surface area contributed by atoms with Gasteiger partial charge in [0.2, 0.25) is 17.8 Å². The molecular formula is C14H20N6O3. The summed E-state index contributed by atoms with van der Waals surface area (Å²) in [5.74, 6) is 1.68. The SMILES string of the molecule is COc1cccc(Nc2nc(NCCO)nc(NCCO)n2)c1. The number of aliphatic hydroxyl groups is 2. The molecule has 0 aliphatic heterocycles. The molecule has 0 saturated heterocycles. The van der Waals surface area contributed by atoms with Crippen LogP contribution in [-0.4, -0.2) is 58.6 Å². The van der Waals surface area contributed by atoms with Crippen LogP contribution in [0.15, 0.2) is 24.3 Å². The van der Waals surface area contributed by atoms with Gasteiger partial charge < -0.3 is 30.9 Å². The standard InChI is InChI=1S/C14H20N6O3/c1-23-11-4-2-3-10(9-11)17-14-19-12(15-5-7-21)18-13(20-14)16-6-8-22/h2-4,9,21-22H,5-8H2,1H3,(H3,15,16,17,18,19,20). The number of hydrogen-bond donors (Lipinski definition) is 5. The molecule has 0 bridgehead atoms. The average molecular weight is 320 g/mol. The maximum atomic E-state index is 8.89. The van der Waals surface area contributed by atoms with Crippen LogP contribution >= 0.6 is 0 Å². The third-order valence-electron chi connectivity index (χ3n) is 2.75. The van der Waals surface area contributed by atoms with E-state index in [1.54, 1.807) is 7.11 Å². The highest BCUT2D eigenvalue weighted by molar-refractivity contribution is 5.57. The van der Waals surface area contributed by atoms with Crippen molar-refractivity contribution >= 4 is 23.5 Å². The lowest BCUT2D eigenvalue weighted by molar-refractivity contribution is 0.310. The number of aromatic nitrogens is 3. The van der Waals surface area contributed by atoms with Crippen LogP contribution < -0.4 is 20.7 Å². The molecule has 0 unspecified atom stereocenters. The number of benzene rings is 1. The van der Waals surface area contributed by atoms with E-state index in [2.05, 4.69) is 30.9 Å². The smallest absolute Gasteiger partial charge is 0.233 e. The number of methoxy groups -OCH3 is 1. The highest BCUT2D eigenvalue weighted by Crippen LogP contribution is 2.20. The molecule has 0 aliphatic rings. The van der Waals surface area contributed by atoms with E-state index in [9.17, 15) is 0 Å². The van der Waals surface area contributed by atoms with Crippen molar-refractivity contribution in [3.05, 3.63) is 24.3 Å². The van der Waals surface area contributed by atoms with Crippen LogP contribution in [0, 0.1) is 0 Å². The van der Waals surface area contributed by atoms with Gasteiger partial charge in [0.1, 0.15) is 5.75 Å². The summed E-state index contributed by atoms with van der Waals surface area (Å²) in [5.41, 5.74) is 0.761. The number of aliphatic hydroxyl groups excluding tert-OH is 2. The Morgan fingerprint density at radius 1 is 0.957 bits per heavy atom. The van der Waals surface area contributed by atoms with Crippen molar-refractivity contribution in [2.45, 2.75) is 0 Å². The number of rotatable bonds is 9. The molecule has 0 aliphatic carbocycles. The minimum Gasteiger partial charge on any atom is -0.497 e. The summed E-state index contributed by atoms with van der Waals surface area (Å²) in [6.45, 7) is 0.567. The van der Waals surface area contributed by atoms with Crippen LogP contribution in [0.3, 0.4) is 0 Å². The van der Waals surface area contributed by atoms with Gasteiger partial charge in [0.25, 0.3) is 0 Å². The number of nitrogens with one attached hydrogen (secondary N) is 3. The molecule has 0 saturated carbocycles. The first-order chi connectivity index (χ1) is 11.2. The molecule has 1 aromatic heterocycles. The average Bonchev–Trinajstić information content (AvgIpc) is 2.58. The van der Waals surface area contributed by atoms with Gasteiger partial charge in [-0.2, -0.15) is 15.0 Å². The van der Waals surface area contributed by atoms with Crippen LogP contribution in [0.2, 0.25) is 0 Å². The van der Waals surface area contributed by atoms with Gasteiger partial charge in [0, 0.05) is 24.8 Å². The largest absolute Gasteiger partial charge is 0.497 e. The quantitative estimate of drug-likeness (QED) is 0.447. The second-order valence-electron chi connectivity index (χ2n) is 4.46. The Labute approximate surface area is 133 Å². The van der Waals surface area contributed by atoms with Crippen molar-refractivity contribution in [1.29, 1.82) is 0 Å². The second-order valence-corrected chi connectivity index (χ2v) is 4.46. The molecule has 2 aromatic rings. The van der Waals surface area contributed by atoms with Gasteiger partial charge in [-0.05, 0) is 12.1 Å². The molecule has 0 fully saturated rings. The van der Waals surface area contributed by atoms with Gasteiger partial charge in [0.15, 0.2) is 0 Å². The topological polar surface area (TPSA) is 124 Å². The van der Waals surface area contributed by atoms with Gasteiger partial charge >= 0.3 is 0 Å². The van der Waals surface area contributed by atoms with Crippen LogP contribution in [0.1, 0.15) is 0 Å². The lowest BCUT2D eigenvalue weighted by Gasteiger charge is -2.11. The molecule has 5 N–H and O–H groups in total.